The number of guanidine groups is 1. The number of piperazine rings is 1. The van der Waals surface area contributed by atoms with Crippen molar-refractivity contribution >= 4 is 23.2 Å². The molecule has 0 unspecified atom stereocenters. The smallest absolute Gasteiger partial charge is 0.194 e. The second kappa shape index (κ2) is 7.99. The number of para-hydroxylation sites is 1. The zero-order valence-electron chi connectivity index (χ0n) is 16.0. The Morgan fingerprint density at radius 3 is 2.46 bits per heavy atom. The van der Waals surface area contributed by atoms with Gasteiger partial charge in [0.05, 0.1) is 16.4 Å². The zero-order chi connectivity index (χ0) is 18.7. The molecule has 140 valence electrons. The lowest BCUT2D eigenvalue weighted by molar-refractivity contribution is 0.372. The second-order valence-electron chi connectivity index (χ2n) is 6.60. The van der Waals surface area contributed by atoms with Crippen molar-refractivity contribution in [3.8, 4) is 0 Å². The fourth-order valence-corrected chi connectivity index (χ4v) is 3.70. The first-order valence-corrected chi connectivity index (χ1v) is 9.33. The van der Waals surface area contributed by atoms with Crippen molar-refractivity contribution < 1.29 is 0 Å². The van der Waals surface area contributed by atoms with Crippen molar-refractivity contribution in [3.05, 3.63) is 46.2 Å². The molecule has 2 heterocycles. The van der Waals surface area contributed by atoms with Crippen molar-refractivity contribution in [3.63, 3.8) is 0 Å². The number of nitrogens with zero attached hydrogens (tertiary/aromatic N) is 5. The summed E-state index contributed by atoms with van der Waals surface area (Å²) in [7, 11) is 3.82. The summed E-state index contributed by atoms with van der Waals surface area (Å²) in [5.74, 6) is 0.937. The molecule has 0 radical (unpaired) electrons. The molecule has 2 aromatic rings. The number of nitrogens with one attached hydrogen (secondary N) is 1. The molecule has 0 atom stereocenters. The molecule has 0 bridgehead atoms. The van der Waals surface area contributed by atoms with Crippen LogP contribution in [0.4, 0.5) is 5.69 Å². The zero-order valence-corrected chi connectivity index (χ0v) is 16.7. The minimum Gasteiger partial charge on any atom is -0.367 e. The van der Waals surface area contributed by atoms with Crippen LogP contribution in [-0.4, -0.2) is 53.9 Å². The van der Waals surface area contributed by atoms with Crippen LogP contribution in [0.5, 0.6) is 0 Å². The van der Waals surface area contributed by atoms with Gasteiger partial charge in [0, 0.05) is 58.1 Å². The van der Waals surface area contributed by atoms with Crippen molar-refractivity contribution in [1.29, 1.82) is 0 Å². The average molecular weight is 375 g/mol. The lowest BCUT2D eigenvalue weighted by Crippen LogP contribution is -2.52. The van der Waals surface area contributed by atoms with E-state index in [4.69, 9.17) is 11.6 Å². The maximum absolute atomic E-state index is 6.33. The molecule has 0 aliphatic carbocycles. The maximum Gasteiger partial charge on any atom is 0.194 e. The molecule has 0 spiro atoms. The number of halogens is 1. The molecule has 3 rings (SSSR count). The van der Waals surface area contributed by atoms with E-state index in [2.05, 4.69) is 45.1 Å². The quantitative estimate of drug-likeness (QED) is 0.662. The number of hydrogen-bond donors (Lipinski definition) is 1. The van der Waals surface area contributed by atoms with Gasteiger partial charge in [0.1, 0.15) is 0 Å². The van der Waals surface area contributed by atoms with Gasteiger partial charge in [-0.2, -0.15) is 5.10 Å². The van der Waals surface area contributed by atoms with Gasteiger partial charge in [-0.3, -0.25) is 9.67 Å². The van der Waals surface area contributed by atoms with Crippen molar-refractivity contribution in [2.45, 2.75) is 20.4 Å². The van der Waals surface area contributed by atoms with Gasteiger partial charge in [-0.25, -0.2) is 0 Å². The summed E-state index contributed by atoms with van der Waals surface area (Å²) in [6.07, 6.45) is 0. The molecular formula is C19H27ClN6. The van der Waals surface area contributed by atoms with Crippen LogP contribution in [0.15, 0.2) is 29.3 Å². The summed E-state index contributed by atoms with van der Waals surface area (Å²) in [5.41, 5.74) is 4.60. The average Bonchev–Trinajstić information content (AvgIpc) is 2.89. The van der Waals surface area contributed by atoms with E-state index in [1.807, 2.05) is 37.0 Å². The van der Waals surface area contributed by atoms with Gasteiger partial charge in [0.15, 0.2) is 5.96 Å². The fraction of sp³-hybridized carbons (Fsp3) is 0.474. The summed E-state index contributed by atoms with van der Waals surface area (Å²) in [5, 5.41) is 8.79. The highest BCUT2D eigenvalue weighted by Crippen LogP contribution is 2.26. The van der Waals surface area contributed by atoms with E-state index in [0.717, 1.165) is 55.1 Å². The fourth-order valence-electron chi connectivity index (χ4n) is 3.44. The first-order chi connectivity index (χ1) is 12.5. The van der Waals surface area contributed by atoms with E-state index in [9.17, 15) is 0 Å². The normalized spacial score (nSPS) is 15.5. The number of anilines is 1. The molecule has 1 aliphatic heterocycles. The Bertz CT molecular complexity index is 789. The minimum atomic E-state index is 0.739. The topological polar surface area (TPSA) is 48.7 Å². The molecule has 1 aliphatic rings. The highest BCUT2D eigenvalue weighted by atomic mass is 35.5. The van der Waals surface area contributed by atoms with Crippen LogP contribution in [0.2, 0.25) is 5.02 Å². The number of aromatic nitrogens is 2. The summed E-state index contributed by atoms with van der Waals surface area (Å²) in [6.45, 7) is 8.57. The molecule has 1 aromatic heterocycles. The highest BCUT2D eigenvalue weighted by molar-refractivity contribution is 6.33. The molecule has 0 saturated carbocycles. The van der Waals surface area contributed by atoms with Crippen LogP contribution in [0, 0.1) is 13.8 Å². The van der Waals surface area contributed by atoms with E-state index in [1.165, 1.54) is 11.3 Å². The number of rotatable bonds is 3. The van der Waals surface area contributed by atoms with Gasteiger partial charge in [-0.05, 0) is 26.0 Å². The van der Waals surface area contributed by atoms with Crippen LogP contribution in [0.3, 0.4) is 0 Å². The predicted octanol–water partition coefficient (Wildman–Crippen LogP) is 2.59. The summed E-state index contributed by atoms with van der Waals surface area (Å²) < 4.78 is 1.93. The van der Waals surface area contributed by atoms with Crippen molar-refractivity contribution in [2.24, 2.45) is 12.0 Å². The first-order valence-electron chi connectivity index (χ1n) is 8.95. The van der Waals surface area contributed by atoms with E-state index in [0.29, 0.717) is 0 Å². The molecule has 1 aromatic carbocycles. The first kappa shape index (κ1) is 18.6. The SMILES string of the molecule is CN=C(NCc1c(C)nn(C)c1C)N1CCN(c2ccccc2Cl)CC1. The van der Waals surface area contributed by atoms with Crippen LogP contribution in [-0.2, 0) is 13.6 Å². The summed E-state index contributed by atoms with van der Waals surface area (Å²) in [4.78, 5) is 9.10. The number of aliphatic imine (C=N–C) groups is 1. The molecule has 1 saturated heterocycles. The molecule has 26 heavy (non-hydrogen) atoms. The third-order valence-corrected chi connectivity index (χ3v) is 5.39. The van der Waals surface area contributed by atoms with Crippen molar-refractivity contribution in [2.75, 3.05) is 38.1 Å². The van der Waals surface area contributed by atoms with Gasteiger partial charge in [0.25, 0.3) is 0 Å². The van der Waals surface area contributed by atoms with Crippen LogP contribution in [0.1, 0.15) is 17.0 Å². The van der Waals surface area contributed by atoms with Gasteiger partial charge in [-0.1, -0.05) is 23.7 Å². The Morgan fingerprint density at radius 2 is 1.88 bits per heavy atom. The monoisotopic (exact) mass is 374 g/mol. The van der Waals surface area contributed by atoms with Gasteiger partial charge < -0.3 is 15.1 Å². The minimum absolute atomic E-state index is 0.739. The Labute approximate surface area is 160 Å². The Kier molecular flexibility index (Phi) is 5.71. The molecule has 6 nitrogen and oxygen atoms in total. The van der Waals surface area contributed by atoms with Gasteiger partial charge in [0.2, 0.25) is 0 Å². The Balaban J connectivity index is 1.60. The predicted molar refractivity (Wildman–Crippen MR) is 108 cm³/mol. The summed E-state index contributed by atoms with van der Waals surface area (Å²) >= 11 is 6.33. The molecule has 1 fully saturated rings. The molecule has 1 N–H and O–H groups in total. The van der Waals surface area contributed by atoms with Crippen LogP contribution < -0.4 is 10.2 Å². The molecule has 0 amide bonds. The number of hydrogen-bond acceptors (Lipinski definition) is 3. The lowest BCUT2D eigenvalue weighted by atomic mass is 10.2. The lowest BCUT2D eigenvalue weighted by Gasteiger charge is -2.38. The van der Waals surface area contributed by atoms with Gasteiger partial charge in [-0.15, -0.1) is 0 Å². The standard InChI is InChI=1S/C19H27ClN6/c1-14-16(15(2)24(4)23-14)13-22-19(21-3)26-11-9-25(10-12-26)18-8-6-5-7-17(18)20/h5-8H,9-13H2,1-4H3,(H,21,22). The summed E-state index contributed by atoms with van der Waals surface area (Å²) in [6, 6.07) is 8.03. The second-order valence-corrected chi connectivity index (χ2v) is 7.01. The van der Waals surface area contributed by atoms with Crippen molar-refractivity contribution in [1.82, 2.24) is 20.0 Å². The third-order valence-electron chi connectivity index (χ3n) is 5.07. The third kappa shape index (κ3) is 3.80. The van der Waals surface area contributed by atoms with E-state index >= 15 is 0 Å². The van der Waals surface area contributed by atoms with E-state index < -0.39 is 0 Å². The van der Waals surface area contributed by atoms with Gasteiger partial charge >= 0.3 is 0 Å². The molecular weight excluding hydrogens is 348 g/mol. The largest absolute Gasteiger partial charge is 0.367 e. The maximum atomic E-state index is 6.33. The Morgan fingerprint density at radius 1 is 1.19 bits per heavy atom. The number of benzene rings is 1. The molecule has 7 heteroatoms. The Hall–Kier alpha value is -2.21. The van der Waals surface area contributed by atoms with Crippen LogP contribution >= 0.6 is 11.6 Å². The number of aryl methyl sites for hydroxylation is 2. The van der Waals surface area contributed by atoms with E-state index in [1.54, 1.807) is 0 Å². The van der Waals surface area contributed by atoms with Crippen LogP contribution in [0.25, 0.3) is 0 Å². The van der Waals surface area contributed by atoms with E-state index in [-0.39, 0.29) is 0 Å². The highest BCUT2D eigenvalue weighted by Gasteiger charge is 2.21.